The molecular weight excluding hydrogens is 691 g/mol. The van der Waals surface area contributed by atoms with Crippen LogP contribution in [0.1, 0.15) is 109 Å². The Kier molecular flexibility index (Phi) is 11.4. The number of benzene rings is 4. The Morgan fingerprint density at radius 2 is 1.21 bits per heavy atom. The Morgan fingerprint density at radius 1 is 0.660 bits per heavy atom. The van der Waals surface area contributed by atoms with E-state index in [0.29, 0.717) is 0 Å². The van der Waals surface area contributed by atoms with Gasteiger partial charge in [0, 0.05) is 0 Å². The van der Waals surface area contributed by atoms with Crippen LogP contribution in [0.3, 0.4) is 0 Å². The Balaban J connectivity index is 0.00000250. The van der Waals surface area contributed by atoms with Crippen LogP contribution >= 0.6 is 0 Å². The molecule has 4 aromatic carbocycles. The van der Waals surface area contributed by atoms with Gasteiger partial charge < -0.3 is 24.8 Å². The van der Waals surface area contributed by atoms with Crippen molar-refractivity contribution in [3.8, 4) is 11.1 Å². The van der Waals surface area contributed by atoms with Gasteiger partial charge in [-0.05, 0) is 0 Å². The summed E-state index contributed by atoms with van der Waals surface area (Å²) in [5.41, 5.74) is 13.6. The third kappa shape index (κ3) is 7.34. The zero-order valence-electron chi connectivity index (χ0n) is 29.7. The summed E-state index contributed by atoms with van der Waals surface area (Å²) in [6.45, 7) is 21.5. The molecule has 0 aromatic heterocycles. The largest absolute Gasteiger partial charge is 1.00 e. The van der Waals surface area contributed by atoms with Crippen LogP contribution in [-0.4, -0.2) is 3.21 Å². The predicted octanol–water partition coefficient (Wildman–Crippen LogP) is 5.02. The molecule has 0 fully saturated rings. The standard InChI is InChI=1S/C21H25.C13H10.C10H15.2ClH.Zr/c1-20(2,3)16-9-7-14-11-15-8-10-17(21(4,5)6)13-19(15)18(14)12-16;1-3-7-12(8-4-1)11-13-9-5-2-6-10-13;1-4-10(2,3)9-7-5-6-8-9;;;/h7,9-10,12-13H,11H2,1-6H3;1-10H;5,7H,4,6H2,1-3H3;2*1H;/q;;;;;+2/p-2. The molecule has 0 saturated carbocycles. The van der Waals surface area contributed by atoms with Gasteiger partial charge in [-0.3, -0.25) is 0 Å². The van der Waals surface area contributed by atoms with E-state index in [1.54, 1.807) is 20.9 Å². The van der Waals surface area contributed by atoms with Crippen molar-refractivity contribution in [1.82, 2.24) is 0 Å². The zero-order chi connectivity index (χ0) is 32.1. The minimum absolute atomic E-state index is 0. The summed E-state index contributed by atoms with van der Waals surface area (Å²) in [7, 11) is 0. The van der Waals surface area contributed by atoms with Crippen LogP contribution in [0.2, 0.25) is 0 Å². The number of fused-ring (bicyclic) bond motifs is 3. The number of hydrogen-bond acceptors (Lipinski definition) is 0. The van der Waals surface area contributed by atoms with Crippen molar-refractivity contribution in [3.05, 3.63) is 145 Å². The van der Waals surface area contributed by atoms with Crippen molar-refractivity contribution < 1.29 is 46.1 Å². The van der Waals surface area contributed by atoms with Gasteiger partial charge >= 0.3 is 282 Å². The van der Waals surface area contributed by atoms with Gasteiger partial charge in [-0.1, -0.05) is 0 Å². The number of halogens is 2. The van der Waals surface area contributed by atoms with E-state index < -0.39 is 21.3 Å². The van der Waals surface area contributed by atoms with Crippen molar-refractivity contribution in [3.63, 3.8) is 0 Å². The van der Waals surface area contributed by atoms with E-state index in [1.165, 1.54) is 38.9 Å². The maximum absolute atomic E-state index is 2.85. The van der Waals surface area contributed by atoms with Gasteiger partial charge in [0.1, 0.15) is 0 Å². The molecule has 6 rings (SSSR count). The van der Waals surface area contributed by atoms with Crippen LogP contribution in [0.15, 0.2) is 112 Å². The van der Waals surface area contributed by atoms with Crippen molar-refractivity contribution in [2.24, 2.45) is 5.41 Å². The van der Waals surface area contributed by atoms with Crippen LogP contribution in [0.25, 0.3) is 11.1 Å². The molecule has 0 spiro atoms. The maximum atomic E-state index is 2.68. The first-order valence-corrected chi connectivity index (χ1v) is 20.6. The fraction of sp³-hybridized carbons (Fsp3) is 0.341. The third-order valence-electron chi connectivity index (χ3n) is 10.2. The Morgan fingerprint density at radius 3 is 1.74 bits per heavy atom. The molecule has 3 heteroatoms. The van der Waals surface area contributed by atoms with Gasteiger partial charge in [0.05, 0.1) is 0 Å². The fourth-order valence-electron chi connectivity index (χ4n) is 7.08. The smallest absolute Gasteiger partial charge is 1.00 e. The second-order valence-corrected chi connectivity index (χ2v) is 21.7. The monoisotopic (exact) mass is 738 g/mol. The van der Waals surface area contributed by atoms with E-state index in [0.717, 1.165) is 19.3 Å². The normalized spacial score (nSPS) is 13.7. The Labute approximate surface area is 304 Å². The number of hydrogen-bond donors (Lipinski definition) is 0. The Hall–Kier alpha value is -2.31. The molecule has 244 valence electrons. The molecule has 0 radical (unpaired) electrons. The summed E-state index contributed by atoms with van der Waals surface area (Å²) in [6.07, 6.45) is 8.20. The molecule has 4 aromatic rings. The van der Waals surface area contributed by atoms with Crippen LogP contribution < -0.4 is 28.1 Å². The van der Waals surface area contributed by atoms with Gasteiger partial charge in [-0.15, -0.1) is 0 Å². The number of allylic oxidation sites excluding steroid dienone is 4. The van der Waals surface area contributed by atoms with Gasteiger partial charge in [0.2, 0.25) is 0 Å². The van der Waals surface area contributed by atoms with Crippen molar-refractivity contribution in [2.75, 3.05) is 0 Å². The summed E-state index contributed by atoms with van der Waals surface area (Å²) >= 11 is -2.85. The molecule has 0 N–H and O–H groups in total. The second kappa shape index (κ2) is 14.3. The van der Waals surface area contributed by atoms with E-state index in [1.807, 2.05) is 0 Å². The summed E-state index contributed by atoms with van der Waals surface area (Å²) < 4.78 is 5.05. The SMILES string of the molecule is CCC(C)(C)C1=[C]([Zr+2](=[C](c2ccccc2)c2ccccc2)[c]2cc(C(C)(C)C)cc3c2Cc2ccc(C(C)(C)C)cc2-3)CC=C1.[Cl-].[Cl-]. The molecule has 0 saturated heterocycles. The first kappa shape index (κ1) is 37.5. The van der Waals surface area contributed by atoms with Crippen LogP contribution in [0, 0.1) is 5.41 Å². The van der Waals surface area contributed by atoms with Crippen LogP contribution in [-0.2, 0) is 38.5 Å². The molecule has 0 amide bonds. The molecule has 0 unspecified atom stereocenters. The van der Waals surface area contributed by atoms with E-state index in [2.05, 4.69) is 165 Å². The van der Waals surface area contributed by atoms with E-state index in [4.69, 9.17) is 0 Å². The minimum atomic E-state index is -2.85. The van der Waals surface area contributed by atoms with Crippen LogP contribution in [0.5, 0.6) is 0 Å². The van der Waals surface area contributed by atoms with Gasteiger partial charge in [-0.2, -0.15) is 0 Å². The molecule has 2 aliphatic rings. The van der Waals surface area contributed by atoms with E-state index in [-0.39, 0.29) is 41.1 Å². The predicted molar refractivity (Wildman–Crippen MR) is 193 cm³/mol. The summed E-state index contributed by atoms with van der Waals surface area (Å²) in [5, 5.41) is 0. The first-order chi connectivity index (χ1) is 21.3. The van der Waals surface area contributed by atoms with E-state index in [9.17, 15) is 0 Å². The van der Waals surface area contributed by atoms with Crippen LogP contribution in [0.4, 0.5) is 0 Å². The molecule has 2 aliphatic carbocycles. The average Bonchev–Trinajstić information content (AvgIpc) is 3.65. The average molecular weight is 741 g/mol. The number of rotatable bonds is 6. The van der Waals surface area contributed by atoms with Crippen molar-refractivity contribution in [2.45, 2.75) is 92.4 Å². The van der Waals surface area contributed by atoms with Crippen molar-refractivity contribution in [1.29, 1.82) is 0 Å². The maximum Gasteiger partial charge on any atom is -1.00 e. The summed E-state index contributed by atoms with van der Waals surface area (Å²) in [4.78, 5) is 0. The van der Waals surface area contributed by atoms with Gasteiger partial charge in [0.15, 0.2) is 0 Å². The molecule has 0 aliphatic heterocycles. The fourth-order valence-corrected chi connectivity index (χ4v) is 16.0. The van der Waals surface area contributed by atoms with Gasteiger partial charge in [0.25, 0.3) is 0 Å². The second-order valence-electron chi connectivity index (χ2n) is 15.8. The minimum Gasteiger partial charge on any atom is -1.00 e. The zero-order valence-corrected chi connectivity index (χ0v) is 33.7. The molecule has 47 heavy (non-hydrogen) atoms. The molecule has 0 atom stereocenters. The molecule has 0 bridgehead atoms. The topological polar surface area (TPSA) is 0 Å². The summed E-state index contributed by atoms with van der Waals surface area (Å²) in [5.74, 6) is 0. The molecule has 0 nitrogen and oxygen atoms in total. The Bertz CT molecular complexity index is 1800. The van der Waals surface area contributed by atoms with Crippen molar-refractivity contribution >= 4 is 6.48 Å². The van der Waals surface area contributed by atoms with Gasteiger partial charge in [-0.25, -0.2) is 0 Å². The van der Waals surface area contributed by atoms with E-state index >= 15 is 0 Å². The third-order valence-corrected chi connectivity index (χ3v) is 18.0. The molecular formula is C44H50Cl2Zr. The first-order valence-electron chi connectivity index (χ1n) is 16.9. The summed E-state index contributed by atoms with van der Waals surface area (Å²) in [6, 6.07) is 35.3. The molecule has 0 heterocycles. The quantitative estimate of drug-likeness (QED) is 0.230.